The quantitative estimate of drug-likeness (QED) is 0.425. The number of fused-ring (bicyclic) bond motifs is 2. The molecule has 0 bridgehead atoms. The van der Waals surface area contributed by atoms with Crippen LogP contribution in [0.25, 0.3) is 22.2 Å². The molecule has 6 rings (SSSR count). The Kier molecular flexibility index (Phi) is 4.95. The monoisotopic (exact) mass is 523 g/mol. The Balaban J connectivity index is 1.44. The first-order chi connectivity index (χ1) is 19.2. The van der Waals surface area contributed by atoms with E-state index in [9.17, 15) is 9.59 Å². The van der Waals surface area contributed by atoms with Crippen molar-refractivity contribution in [1.29, 1.82) is 0 Å². The highest BCUT2D eigenvalue weighted by atomic mass is 16.6. The van der Waals surface area contributed by atoms with Crippen molar-refractivity contribution < 1.29 is 27.7 Å². The van der Waals surface area contributed by atoms with Gasteiger partial charge in [0, 0.05) is 31.0 Å². The average molecular weight is 524 g/mol. The molecule has 1 saturated heterocycles. The molecule has 9 nitrogen and oxygen atoms in total. The van der Waals surface area contributed by atoms with Gasteiger partial charge >= 0.3 is 6.09 Å². The van der Waals surface area contributed by atoms with Crippen LogP contribution in [0.4, 0.5) is 4.79 Å². The van der Waals surface area contributed by atoms with E-state index in [-0.39, 0.29) is 30.4 Å². The number of amides is 2. The highest BCUT2D eigenvalue weighted by Crippen LogP contribution is 2.63. The van der Waals surface area contributed by atoms with E-state index in [0.29, 0.717) is 43.7 Å². The molecule has 3 aromatic rings. The number of ether oxygens (including phenoxy) is 2. The van der Waals surface area contributed by atoms with E-state index in [1.54, 1.807) is 20.8 Å². The summed E-state index contributed by atoms with van der Waals surface area (Å²) in [5, 5.41) is 4.10. The smallest absolute Gasteiger partial charge is 0.417 e. The van der Waals surface area contributed by atoms with E-state index in [0.717, 1.165) is 27.9 Å². The summed E-state index contributed by atoms with van der Waals surface area (Å²) in [5.41, 5.74) is 2.66. The molecule has 0 unspecified atom stereocenters. The molecule has 3 heterocycles. The number of methoxy groups -OCH3 is 1. The fourth-order valence-electron chi connectivity index (χ4n) is 6.55. The molecule has 2 amide bonds. The van der Waals surface area contributed by atoms with Crippen LogP contribution in [0.3, 0.4) is 0 Å². The summed E-state index contributed by atoms with van der Waals surface area (Å²) in [6.45, 7) is 9.13. The first kappa shape index (κ1) is 21.7. The van der Waals surface area contributed by atoms with Gasteiger partial charge in [-0.2, -0.15) is 0 Å². The first-order valence-electron chi connectivity index (χ1n) is 14.9. The number of aryl methyl sites for hydroxylation is 2. The van der Waals surface area contributed by atoms with Gasteiger partial charge in [0.15, 0.2) is 0 Å². The average Bonchev–Trinajstić information content (AvgIpc) is 3.12. The van der Waals surface area contributed by atoms with Crippen molar-refractivity contribution in [3.63, 3.8) is 0 Å². The van der Waals surface area contributed by atoms with Crippen LogP contribution in [0.15, 0.2) is 22.7 Å². The molecule has 0 spiro atoms. The maximum absolute atomic E-state index is 13.4. The van der Waals surface area contributed by atoms with Crippen LogP contribution in [0, 0.1) is 19.8 Å². The summed E-state index contributed by atoms with van der Waals surface area (Å²) in [6, 6.07) is 6.06. The summed E-state index contributed by atoms with van der Waals surface area (Å²) in [7, 11) is -2.43. The predicted octanol–water partition coefficient (Wildman–Crippen LogP) is 5.82. The second-order valence-electron chi connectivity index (χ2n) is 12.0. The Morgan fingerprint density at radius 2 is 1.97 bits per heavy atom. The number of imidazole rings is 1. The molecule has 3 fully saturated rings. The Morgan fingerprint density at radius 3 is 2.63 bits per heavy atom. The number of imide groups is 1. The van der Waals surface area contributed by atoms with Gasteiger partial charge in [-0.1, -0.05) is 11.2 Å². The van der Waals surface area contributed by atoms with Gasteiger partial charge in [0.05, 0.1) is 26.9 Å². The minimum atomic E-state index is -2.43. The van der Waals surface area contributed by atoms with Crippen molar-refractivity contribution in [3.8, 4) is 11.1 Å². The molecule has 9 heteroatoms. The normalized spacial score (nSPS) is 28.7. The number of carbonyl (C=O) groups is 2. The molecule has 1 aromatic carbocycles. The van der Waals surface area contributed by atoms with Crippen LogP contribution in [0.2, 0.25) is 0 Å². The molecule has 0 N–H and O–H groups in total. The van der Waals surface area contributed by atoms with Crippen molar-refractivity contribution in [2.75, 3.05) is 7.04 Å². The number of hydrogen-bond acceptors (Lipinski definition) is 7. The summed E-state index contributed by atoms with van der Waals surface area (Å²) >= 11 is 0. The SMILES string of the molecule is [2H]C([2H])([2H])OC1CCC(n2c([C@]34C[C@H]3CC(=O)N4C(=O)OC(C)(C)C)nc3cc(-c4c(C)noc4C)ccc32)CC1. The zero-order chi connectivity index (χ0) is 29.5. The second-order valence-corrected chi connectivity index (χ2v) is 12.0. The predicted molar refractivity (Wildman–Crippen MR) is 140 cm³/mol. The van der Waals surface area contributed by atoms with Crippen molar-refractivity contribution in [2.45, 2.75) is 96.4 Å². The maximum Gasteiger partial charge on any atom is 0.417 e. The molecule has 2 saturated carbocycles. The number of carbonyl (C=O) groups excluding carboxylic acids is 2. The summed E-state index contributed by atoms with van der Waals surface area (Å²) in [4.78, 5) is 33.0. The molecule has 2 aromatic heterocycles. The van der Waals surface area contributed by atoms with Crippen LogP contribution in [-0.4, -0.2) is 50.4 Å². The van der Waals surface area contributed by atoms with E-state index >= 15 is 0 Å². The third kappa shape index (κ3) is 3.85. The minimum absolute atomic E-state index is 0.00294. The Bertz CT molecular complexity index is 1510. The highest BCUT2D eigenvalue weighted by molar-refractivity contribution is 5.97. The van der Waals surface area contributed by atoms with Crippen molar-refractivity contribution in [1.82, 2.24) is 19.6 Å². The lowest BCUT2D eigenvalue weighted by atomic mass is 9.92. The number of nitrogens with zero attached hydrogens (tertiary/aromatic N) is 4. The number of benzene rings is 1. The Hall–Kier alpha value is -3.20. The zero-order valence-electron chi connectivity index (χ0n) is 25.5. The summed E-state index contributed by atoms with van der Waals surface area (Å²) < 4.78 is 41.1. The van der Waals surface area contributed by atoms with Crippen molar-refractivity contribution >= 4 is 23.0 Å². The summed E-state index contributed by atoms with van der Waals surface area (Å²) in [5.74, 6) is 1.12. The molecule has 202 valence electrons. The van der Waals surface area contributed by atoms with E-state index in [1.165, 1.54) is 4.90 Å². The lowest BCUT2D eigenvalue weighted by Crippen LogP contribution is -2.45. The van der Waals surface area contributed by atoms with Gasteiger partial charge in [0.25, 0.3) is 0 Å². The van der Waals surface area contributed by atoms with Crippen molar-refractivity contribution in [2.24, 2.45) is 5.92 Å². The minimum Gasteiger partial charge on any atom is -0.443 e. The highest BCUT2D eigenvalue weighted by Gasteiger charge is 2.71. The van der Waals surface area contributed by atoms with E-state index in [2.05, 4.69) is 9.72 Å². The Labute approximate surface area is 226 Å². The van der Waals surface area contributed by atoms with Crippen molar-refractivity contribution in [3.05, 3.63) is 35.5 Å². The lowest BCUT2D eigenvalue weighted by molar-refractivity contribution is -0.130. The third-order valence-electron chi connectivity index (χ3n) is 8.29. The fraction of sp³-hybridized carbons (Fsp3) is 0.586. The number of hydrogen-bond donors (Lipinski definition) is 0. The molecule has 2 aliphatic carbocycles. The fourth-order valence-corrected chi connectivity index (χ4v) is 6.55. The van der Waals surface area contributed by atoms with Crippen LogP contribution in [0.5, 0.6) is 0 Å². The van der Waals surface area contributed by atoms with Crippen LogP contribution in [0.1, 0.15) is 86.7 Å². The Morgan fingerprint density at radius 1 is 1.21 bits per heavy atom. The van der Waals surface area contributed by atoms with Crippen LogP contribution >= 0.6 is 0 Å². The lowest BCUT2D eigenvalue weighted by Gasteiger charge is -2.33. The van der Waals surface area contributed by atoms with Gasteiger partial charge in [-0.05, 0) is 84.4 Å². The summed E-state index contributed by atoms with van der Waals surface area (Å²) in [6.07, 6.45) is 2.46. The second kappa shape index (κ2) is 8.66. The van der Waals surface area contributed by atoms with E-state index < -0.39 is 24.3 Å². The molecular weight excluding hydrogens is 484 g/mol. The van der Waals surface area contributed by atoms with E-state index in [1.807, 2.05) is 32.0 Å². The molecule has 2 atom stereocenters. The van der Waals surface area contributed by atoms with Crippen LogP contribution in [-0.2, 0) is 19.8 Å². The van der Waals surface area contributed by atoms with Gasteiger partial charge in [-0.25, -0.2) is 14.7 Å². The van der Waals surface area contributed by atoms with E-state index in [4.69, 9.17) is 23.1 Å². The van der Waals surface area contributed by atoms with Gasteiger partial charge in [-0.15, -0.1) is 0 Å². The maximum atomic E-state index is 13.4. The number of rotatable bonds is 4. The molecule has 0 radical (unpaired) electrons. The number of piperidine rings is 1. The van der Waals surface area contributed by atoms with Gasteiger partial charge in [-0.3, -0.25) is 4.79 Å². The standard InChI is InChI=1S/C29H36N4O5/c1-16-25(17(2)38-31-16)18-7-12-23-22(13-18)30-26(32(23)20-8-10-21(36-6)11-9-20)29-15-19(29)14-24(34)33(29)27(35)37-28(3,4)5/h7,12-13,19-21H,8-11,14-15H2,1-6H3/t19-,20?,21?,29+/m1/s1/i6D3. The van der Waals surface area contributed by atoms with Gasteiger partial charge in [0.1, 0.15) is 22.7 Å². The van der Waals surface area contributed by atoms with Gasteiger partial charge < -0.3 is 18.6 Å². The van der Waals surface area contributed by atoms with Crippen LogP contribution < -0.4 is 0 Å². The largest absolute Gasteiger partial charge is 0.443 e. The number of likely N-dealkylation sites (tertiary alicyclic amines) is 1. The topological polar surface area (TPSA) is 99.7 Å². The molecule has 38 heavy (non-hydrogen) atoms. The molecule has 3 aliphatic rings. The molecule has 1 aliphatic heterocycles. The molecular formula is C29H36N4O5. The zero-order valence-corrected chi connectivity index (χ0v) is 22.5. The van der Waals surface area contributed by atoms with Gasteiger partial charge in [0.2, 0.25) is 5.91 Å². The third-order valence-corrected chi connectivity index (χ3v) is 8.29. The first-order valence-corrected chi connectivity index (χ1v) is 13.4. The number of aromatic nitrogens is 3.